The van der Waals surface area contributed by atoms with Crippen molar-refractivity contribution < 1.29 is 22.8 Å². The lowest BCUT2D eigenvalue weighted by Crippen LogP contribution is -2.42. The predicted molar refractivity (Wildman–Crippen MR) is 126 cm³/mol. The van der Waals surface area contributed by atoms with E-state index in [1.54, 1.807) is 21.3 Å². The fraction of sp³-hybridized carbons (Fsp3) is 1.00. The van der Waals surface area contributed by atoms with Gasteiger partial charge in [0.25, 0.3) is 0 Å². The molecule has 1 fully saturated rings. The minimum atomic E-state index is -2.34. The SMILES string of the molecule is CO[Si](CCCCCCCCCCCCCCCCCCOCC1CO1)(OC)OC. The number of rotatable bonds is 24. The molecule has 0 amide bonds. The molecular formula is C24H50O5Si. The van der Waals surface area contributed by atoms with E-state index in [0.29, 0.717) is 6.10 Å². The van der Waals surface area contributed by atoms with Gasteiger partial charge in [0, 0.05) is 34.0 Å². The standard InChI is InChI=1S/C24H50O5Si/c1-25-30(26-2,27-3)21-19-17-15-13-11-9-7-5-4-6-8-10-12-14-16-18-20-28-22-24-23-29-24/h24H,4-23H2,1-3H3. The molecule has 1 aliphatic heterocycles. The average Bonchev–Trinajstić information content (AvgIpc) is 3.60. The van der Waals surface area contributed by atoms with Gasteiger partial charge in [-0.2, -0.15) is 0 Å². The molecule has 0 aliphatic carbocycles. The van der Waals surface area contributed by atoms with E-state index in [1.165, 1.54) is 96.3 Å². The van der Waals surface area contributed by atoms with Crippen LogP contribution in [-0.4, -0.2) is 56.1 Å². The molecule has 0 saturated carbocycles. The molecule has 5 nitrogen and oxygen atoms in total. The van der Waals surface area contributed by atoms with Crippen LogP contribution in [0.5, 0.6) is 0 Å². The molecule has 0 N–H and O–H groups in total. The second-order valence-corrected chi connectivity index (χ2v) is 11.8. The summed E-state index contributed by atoms with van der Waals surface area (Å²) in [5.74, 6) is 0. The van der Waals surface area contributed by atoms with Crippen molar-refractivity contribution in [3.8, 4) is 0 Å². The molecule has 1 aliphatic rings. The minimum Gasteiger partial charge on any atom is -0.379 e. The third-order valence-corrected chi connectivity index (χ3v) is 8.99. The van der Waals surface area contributed by atoms with Gasteiger partial charge in [-0.1, -0.05) is 89.9 Å². The number of hydrogen-bond acceptors (Lipinski definition) is 5. The summed E-state index contributed by atoms with van der Waals surface area (Å²) in [6, 6.07) is 0.932. The first-order valence-electron chi connectivity index (χ1n) is 12.6. The largest absolute Gasteiger partial charge is 0.500 e. The first kappa shape index (κ1) is 28.1. The van der Waals surface area contributed by atoms with Crippen LogP contribution in [0.3, 0.4) is 0 Å². The minimum absolute atomic E-state index is 0.414. The maximum atomic E-state index is 5.57. The Morgan fingerprint density at radius 1 is 0.600 bits per heavy atom. The summed E-state index contributed by atoms with van der Waals surface area (Å²) >= 11 is 0. The van der Waals surface area contributed by atoms with Crippen molar-refractivity contribution >= 4 is 8.80 Å². The maximum absolute atomic E-state index is 5.57. The molecule has 0 aromatic heterocycles. The van der Waals surface area contributed by atoms with Crippen molar-refractivity contribution in [2.45, 2.75) is 115 Å². The Morgan fingerprint density at radius 3 is 1.33 bits per heavy atom. The summed E-state index contributed by atoms with van der Waals surface area (Å²) in [6.45, 7) is 2.63. The molecule has 0 aromatic carbocycles. The zero-order valence-electron chi connectivity index (χ0n) is 20.3. The molecule has 30 heavy (non-hydrogen) atoms. The van der Waals surface area contributed by atoms with Crippen LogP contribution >= 0.6 is 0 Å². The second kappa shape index (κ2) is 19.7. The third-order valence-electron chi connectivity index (χ3n) is 6.16. The first-order valence-corrected chi connectivity index (χ1v) is 14.5. The van der Waals surface area contributed by atoms with Gasteiger partial charge in [-0.05, 0) is 12.8 Å². The van der Waals surface area contributed by atoms with E-state index in [-0.39, 0.29) is 0 Å². The number of hydrogen-bond donors (Lipinski definition) is 0. The Balaban J connectivity index is 1.68. The van der Waals surface area contributed by atoms with Crippen molar-refractivity contribution in [1.29, 1.82) is 0 Å². The summed E-state index contributed by atoms with van der Waals surface area (Å²) in [6.07, 6.45) is 22.1. The zero-order valence-corrected chi connectivity index (χ0v) is 21.3. The van der Waals surface area contributed by atoms with Crippen LogP contribution in [0.15, 0.2) is 0 Å². The van der Waals surface area contributed by atoms with E-state index in [2.05, 4.69) is 0 Å². The highest BCUT2D eigenvalue weighted by Gasteiger charge is 2.36. The zero-order chi connectivity index (χ0) is 21.8. The summed E-state index contributed by atoms with van der Waals surface area (Å²) in [4.78, 5) is 0. The van der Waals surface area contributed by atoms with Crippen LogP contribution < -0.4 is 0 Å². The number of unbranched alkanes of at least 4 members (excludes halogenated alkanes) is 15. The van der Waals surface area contributed by atoms with Gasteiger partial charge in [-0.15, -0.1) is 0 Å². The summed E-state index contributed by atoms with van der Waals surface area (Å²) in [5.41, 5.74) is 0. The van der Waals surface area contributed by atoms with Crippen molar-refractivity contribution in [3.05, 3.63) is 0 Å². The normalized spacial score (nSPS) is 16.3. The molecular weight excluding hydrogens is 396 g/mol. The Kier molecular flexibility index (Phi) is 18.4. The van der Waals surface area contributed by atoms with Crippen molar-refractivity contribution in [3.63, 3.8) is 0 Å². The topological polar surface area (TPSA) is 49.5 Å². The lowest BCUT2D eigenvalue weighted by atomic mass is 10.0. The Labute approximate surface area is 187 Å². The van der Waals surface area contributed by atoms with Crippen LogP contribution in [0, 0.1) is 0 Å². The Morgan fingerprint density at radius 2 is 0.967 bits per heavy atom. The smallest absolute Gasteiger partial charge is 0.379 e. The van der Waals surface area contributed by atoms with Crippen LogP contribution in [-0.2, 0) is 22.8 Å². The number of ether oxygens (including phenoxy) is 2. The molecule has 1 heterocycles. The third kappa shape index (κ3) is 15.8. The average molecular weight is 447 g/mol. The predicted octanol–water partition coefficient (Wildman–Crippen LogP) is 6.52. The summed E-state index contributed by atoms with van der Waals surface area (Å²) in [5, 5.41) is 0. The quantitative estimate of drug-likeness (QED) is 0.0959. The van der Waals surface area contributed by atoms with E-state index in [1.807, 2.05) is 0 Å². The van der Waals surface area contributed by atoms with Gasteiger partial charge in [0.05, 0.1) is 13.2 Å². The lowest BCUT2D eigenvalue weighted by Gasteiger charge is -2.24. The van der Waals surface area contributed by atoms with Crippen LogP contribution in [0.25, 0.3) is 0 Å². The fourth-order valence-corrected chi connectivity index (χ4v) is 5.75. The van der Waals surface area contributed by atoms with Gasteiger partial charge < -0.3 is 22.8 Å². The van der Waals surface area contributed by atoms with Crippen LogP contribution in [0.2, 0.25) is 6.04 Å². The second-order valence-electron chi connectivity index (χ2n) is 8.73. The van der Waals surface area contributed by atoms with Gasteiger partial charge in [-0.3, -0.25) is 0 Å². The molecule has 0 spiro atoms. The molecule has 6 heteroatoms. The highest BCUT2D eigenvalue weighted by Crippen LogP contribution is 2.19. The molecule has 1 unspecified atom stereocenters. The summed E-state index contributed by atoms with van der Waals surface area (Å²) in [7, 11) is 2.76. The van der Waals surface area contributed by atoms with Crippen molar-refractivity contribution in [1.82, 2.24) is 0 Å². The first-order chi connectivity index (χ1) is 14.8. The lowest BCUT2D eigenvalue weighted by molar-refractivity contribution is 0.113. The molecule has 180 valence electrons. The van der Waals surface area contributed by atoms with Crippen molar-refractivity contribution in [2.24, 2.45) is 0 Å². The van der Waals surface area contributed by atoms with Gasteiger partial charge in [0.2, 0.25) is 0 Å². The molecule has 0 radical (unpaired) electrons. The van der Waals surface area contributed by atoms with Gasteiger partial charge in [-0.25, -0.2) is 0 Å². The van der Waals surface area contributed by atoms with E-state index < -0.39 is 8.80 Å². The van der Waals surface area contributed by atoms with E-state index in [0.717, 1.165) is 32.3 Å². The number of epoxide rings is 1. The van der Waals surface area contributed by atoms with E-state index in [4.69, 9.17) is 22.8 Å². The molecule has 1 atom stereocenters. The highest BCUT2D eigenvalue weighted by molar-refractivity contribution is 6.60. The van der Waals surface area contributed by atoms with Crippen LogP contribution in [0.1, 0.15) is 103 Å². The Hall–Kier alpha value is 0.0169. The summed E-state index contributed by atoms with van der Waals surface area (Å²) < 4.78 is 27.1. The van der Waals surface area contributed by atoms with Crippen molar-refractivity contribution in [2.75, 3.05) is 41.2 Å². The van der Waals surface area contributed by atoms with Gasteiger partial charge in [0.1, 0.15) is 6.10 Å². The molecule has 1 saturated heterocycles. The van der Waals surface area contributed by atoms with Crippen LogP contribution in [0.4, 0.5) is 0 Å². The van der Waals surface area contributed by atoms with E-state index >= 15 is 0 Å². The Bertz CT molecular complexity index is 353. The molecule has 1 rings (SSSR count). The monoisotopic (exact) mass is 446 g/mol. The molecule has 0 aromatic rings. The highest BCUT2D eigenvalue weighted by atomic mass is 28.4. The van der Waals surface area contributed by atoms with Gasteiger partial charge in [0.15, 0.2) is 0 Å². The fourth-order valence-electron chi connectivity index (χ4n) is 3.96. The maximum Gasteiger partial charge on any atom is 0.500 e. The molecule has 0 bridgehead atoms. The van der Waals surface area contributed by atoms with Gasteiger partial charge >= 0.3 is 8.80 Å². The van der Waals surface area contributed by atoms with E-state index in [9.17, 15) is 0 Å².